The Hall–Kier alpha value is -2.67. The zero-order chi connectivity index (χ0) is 21.8. The summed E-state index contributed by atoms with van der Waals surface area (Å²) in [5, 5.41) is 5.71. The summed E-state index contributed by atoms with van der Waals surface area (Å²) in [6.07, 6.45) is 2.04. The van der Waals surface area contributed by atoms with Crippen LogP contribution in [0.5, 0.6) is 0 Å². The van der Waals surface area contributed by atoms with Crippen LogP contribution in [0.1, 0.15) is 57.8 Å². The van der Waals surface area contributed by atoms with Crippen LogP contribution in [0, 0.1) is 19.8 Å². The lowest BCUT2D eigenvalue weighted by Gasteiger charge is -2.18. The van der Waals surface area contributed by atoms with Gasteiger partial charge in [-0.15, -0.1) is 11.3 Å². The van der Waals surface area contributed by atoms with Gasteiger partial charge in [-0.25, -0.2) is 4.79 Å². The van der Waals surface area contributed by atoms with Crippen molar-refractivity contribution in [2.75, 3.05) is 11.9 Å². The third-order valence-electron chi connectivity index (χ3n) is 5.33. The molecule has 0 aliphatic heterocycles. The smallest absolute Gasteiger partial charge is 0.414 e. The molecule has 1 atom stereocenters. The minimum Gasteiger partial charge on any atom is -0.450 e. The Morgan fingerprint density at radius 2 is 2.00 bits per heavy atom. The fraction of sp³-hybridized carbons (Fsp3) is 0.435. The standard InChI is InChI=1S/C23H28N2O4S/c1-5-29-23(28)25-21(27)20-17-9-7-14(3)11-18(17)30-22(20)24-19(26)12-16-8-6-13(2)10-15(16)4/h6,8,10,14H,5,7,9,11-12H2,1-4H3,(H,24,26)(H,25,27,28). The highest BCUT2D eigenvalue weighted by Crippen LogP contribution is 2.39. The van der Waals surface area contributed by atoms with E-state index in [1.54, 1.807) is 6.92 Å². The summed E-state index contributed by atoms with van der Waals surface area (Å²) in [6, 6.07) is 5.99. The molecule has 1 aromatic heterocycles. The number of anilines is 1. The van der Waals surface area contributed by atoms with Crippen LogP contribution in [0.25, 0.3) is 0 Å². The molecular weight excluding hydrogens is 400 g/mol. The summed E-state index contributed by atoms with van der Waals surface area (Å²) < 4.78 is 4.84. The van der Waals surface area contributed by atoms with E-state index in [1.807, 2.05) is 32.0 Å². The van der Waals surface area contributed by atoms with Crippen LogP contribution >= 0.6 is 11.3 Å². The fourth-order valence-corrected chi connectivity index (χ4v) is 5.21. The lowest BCUT2D eigenvalue weighted by atomic mass is 9.88. The number of benzene rings is 1. The number of alkyl carbamates (subject to hydrolysis) is 1. The van der Waals surface area contributed by atoms with Crippen LogP contribution in [0.2, 0.25) is 0 Å². The Morgan fingerprint density at radius 1 is 1.23 bits per heavy atom. The molecule has 6 nitrogen and oxygen atoms in total. The van der Waals surface area contributed by atoms with Gasteiger partial charge in [-0.3, -0.25) is 14.9 Å². The van der Waals surface area contributed by atoms with E-state index in [0.717, 1.165) is 46.4 Å². The summed E-state index contributed by atoms with van der Waals surface area (Å²) in [6.45, 7) is 8.04. The van der Waals surface area contributed by atoms with Gasteiger partial charge in [0.25, 0.3) is 5.91 Å². The van der Waals surface area contributed by atoms with Crippen molar-refractivity contribution in [1.82, 2.24) is 5.32 Å². The number of fused-ring (bicyclic) bond motifs is 1. The largest absolute Gasteiger partial charge is 0.450 e. The Balaban J connectivity index is 1.84. The molecule has 30 heavy (non-hydrogen) atoms. The van der Waals surface area contributed by atoms with E-state index in [4.69, 9.17) is 4.74 Å². The molecule has 2 N–H and O–H groups in total. The summed E-state index contributed by atoms with van der Waals surface area (Å²) in [4.78, 5) is 38.5. The molecule has 1 aliphatic rings. The molecule has 0 radical (unpaired) electrons. The minimum absolute atomic E-state index is 0.178. The van der Waals surface area contributed by atoms with Crippen molar-refractivity contribution >= 4 is 34.2 Å². The highest BCUT2D eigenvalue weighted by Gasteiger charge is 2.29. The molecule has 0 saturated heterocycles. The van der Waals surface area contributed by atoms with Gasteiger partial charge >= 0.3 is 6.09 Å². The van der Waals surface area contributed by atoms with Crippen LogP contribution in [0.3, 0.4) is 0 Å². The lowest BCUT2D eigenvalue weighted by molar-refractivity contribution is -0.115. The number of rotatable bonds is 5. The van der Waals surface area contributed by atoms with Crippen LogP contribution < -0.4 is 10.6 Å². The van der Waals surface area contributed by atoms with Gasteiger partial charge in [-0.1, -0.05) is 30.7 Å². The number of hydrogen-bond acceptors (Lipinski definition) is 5. The maximum atomic E-state index is 12.8. The van der Waals surface area contributed by atoms with E-state index >= 15 is 0 Å². The second-order valence-electron chi connectivity index (χ2n) is 7.89. The third kappa shape index (κ3) is 5.08. The number of carbonyl (C=O) groups excluding carboxylic acids is 3. The number of carbonyl (C=O) groups is 3. The summed E-state index contributed by atoms with van der Waals surface area (Å²) in [5.41, 5.74) is 4.48. The maximum absolute atomic E-state index is 12.8. The summed E-state index contributed by atoms with van der Waals surface area (Å²) in [7, 11) is 0. The number of imide groups is 1. The topological polar surface area (TPSA) is 84.5 Å². The van der Waals surface area contributed by atoms with Gasteiger partial charge in [-0.2, -0.15) is 0 Å². The SMILES string of the molecule is CCOC(=O)NC(=O)c1c(NC(=O)Cc2ccc(C)cc2C)sc2c1CCC(C)C2. The third-order valence-corrected chi connectivity index (χ3v) is 6.50. The monoisotopic (exact) mass is 428 g/mol. The fourth-order valence-electron chi connectivity index (χ4n) is 3.79. The Morgan fingerprint density at radius 3 is 2.70 bits per heavy atom. The van der Waals surface area contributed by atoms with E-state index in [0.29, 0.717) is 16.5 Å². The van der Waals surface area contributed by atoms with Gasteiger partial charge in [0.05, 0.1) is 18.6 Å². The number of thiophene rings is 1. The van der Waals surface area contributed by atoms with Crippen molar-refractivity contribution < 1.29 is 19.1 Å². The Bertz CT molecular complexity index is 980. The van der Waals surface area contributed by atoms with Crippen LogP contribution in [-0.4, -0.2) is 24.5 Å². The zero-order valence-corrected chi connectivity index (χ0v) is 18.7. The lowest BCUT2D eigenvalue weighted by Crippen LogP contribution is -2.32. The van der Waals surface area contributed by atoms with Gasteiger partial charge in [0.1, 0.15) is 5.00 Å². The first-order valence-electron chi connectivity index (χ1n) is 10.3. The molecule has 0 saturated carbocycles. The van der Waals surface area contributed by atoms with Gasteiger partial charge in [0.15, 0.2) is 0 Å². The normalized spacial score (nSPS) is 15.3. The molecule has 0 spiro atoms. The first-order chi connectivity index (χ1) is 14.3. The molecule has 1 aromatic carbocycles. The second kappa shape index (κ2) is 9.43. The molecule has 1 aliphatic carbocycles. The van der Waals surface area contributed by atoms with Gasteiger partial charge in [-0.05, 0) is 62.6 Å². The average molecular weight is 429 g/mol. The van der Waals surface area contributed by atoms with Crippen LogP contribution in [-0.2, 0) is 28.8 Å². The second-order valence-corrected chi connectivity index (χ2v) is 8.99. The van der Waals surface area contributed by atoms with Crippen molar-refractivity contribution in [2.45, 2.75) is 53.4 Å². The molecule has 0 bridgehead atoms. The van der Waals surface area contributed by atoms with Gasteiger partial charge < -0.3 is 10.1 Å². The molecular formula is C23H28N2O4S. The maximum Gasteiger partial charge on any atom is 0.414 e. The first-order valence-corrected chi connectivity index (χ1v) is 11.1. The number of amides is 3. The van der Waals surface area contributed by atoms with Crippen molar-refractivity contribution in [1.29, 1.82) is 0 Å². The average Bonchev–Trinajstić information content (AvgIpc) is 3.00. The van der Waals surface area contributed by atoms with E-state index in [-0.39, 0.29) is 18.9 Å². The molecule has 7 heteroatoms. The summed E-state index contributed by atoms with van der Waals surface area (Å²) >= 11 is 1.44. The van der Waals surface area contributed by atoms with E-state index < -0.39 is 12.0 Å². The molecule has 2 aromatic rings. The van der Waals surface area contributed by atoms with Crippen LogP contribution in [0.4, 0.5) is 9.80 Å². The quantitative estimate of drug-likeness (QED) is 0.731. The van der Waals surface area contributed by atoms with Crippen molar-refractivity contribution in [3.8, 4) is 0 Å². The number of aryl methyl sites for hydroxylation is 2. The highest BCUT2D eigenvalue weighted by molar-refractivity contribution is 7.17. The van der Waals surface area contributed by atoms with Crippen LogP contribution in [0.15, 0.2) is 18.2 Å². The molecule has 3 rings (SSSR count). The van der Waals surface area contributed by atoms with E-state index in [1.165, 1.54) is 11.3 Å². The molecule has 0 fully saturated rings. The molecule has 1 heterocycles. The molecule has 160 valence electrons. The van der Waals surface area contributed by atoms with Crippen molar-refractivity contribution in [3.05, 3.63) is 50.9 Å². The number of hydrogen-bond donors (Lipinski definition) is 2. The Labute approximate surface area is 181 Å². The zero-order valence-electron chi connectivity index (χ0n) is 17.9. The molecule has 3 amide bonds. The van der Waals surface area contributed by atoms with Crippen molar-refractivity contribution in [3.63, 3.8) is 0 Å². The molecule has 1 unspecified atom stereocenters. The number of ether oxygens (including phenoxy) is 1. The van der Waals surface area contributed by atoms with E-state index in [9.17, 15) is 14.4 Å². The van der Waals surface area contributed by atoms with E-state index in [2.05, 4.69) is 17.6 Å². The highest BCUT2D eigenvalue weighted by atomic mass is 32.1. The van der Waals surface area contributed by atoms with Crippen molar-refractivity contribution in [2.24, 2.45) is 5.92 Å². The van der Waals surface area contributed by atoms with Gasteiger partial charge in [0, 0.05) is 4.88 Å². The predicted octanol–water partition coefficient (Wildman–Crippen LogP) is 4.56. The van der Waals surface area contributed by atoms with Gasteiger partial charge in [0.2, 0.25) is 5.91 Å². The first kappa shape index (κ1) is 22.0. The minimum atomic E-state index is -0.779. The summed E-state index contributed by atoms with van der Waals surface area (Å²) in [5.74, 6) is -0.183. The number of nitrogens with one attached hydrogen (secondary N) is 2. The predicted molar refractivity (Wildman–Crippen MR) is 118 cm³/mol. The Kier molecular flexibility index (Phi) is 6.92.